The first-order valence-electron chi connectivity index (χ1n) is 6.62. The first-order valence-corrected chi connectivity index (χ1v) is 6.62. The van der Waals surface area contributed by atoms with E-state index in [1.165, 1.54) is 5.56 Å². The molecule has 2 nitrogen and oxygen atoms in total. The van der Waals surface area contributed by atoms with Crippen LogP contribution in [0.4, 0.5) is 0 Å². The van der Waals surface area contributed by atoms with Crippen molar-refractivity contribution >= 4 is 5.78 Å². The molecule has 1 unspecified atom stereocenters. The summed E-state index contributed by atoms with van der Waals surface area (Å²) in [5.74, 6) is 0.250. The molecule has 19 heavy (non-hydrogen) atoms. The van der Waals surface area contributed by atoms with E-state index in [4.69, 9.17) is 4.74 Å². The third kappa shape index (κ3) is 2.59. The molecule has 0 N–H and O–H groups in total. The molecule has 1 saturated heterocycles. The molecule has 96 valence electrons. The molecule has 1 aliphatic rings. The third-order valence-corrected chi connectivity index (χ3v) is 3.58. The minimum absolute atomic E-state index is 0.0441. The zero-order chi connectivity index (χ0) is 13.1. The van der Waals surface area contributed by atoms with Gasteiger partial charge in [0, 0.05) is 18.1 Å². The largest absolute Gasteiger partial charge is 0.381 e. The predicted octanol–water partition coefficient (Wildman–Crippen LogP) is 3.57. The Morgan fingerprint density at radius 1 is 0.947 bits per heavy atom. The van der Waals surface area contributed by atoms with Gasteiger partial charge >= 0.3 is 0 Å². The van der Waals surface area contributed by atoms with Gasteiger partial charge in [0.05, 0.1) is 6.61 Å². The van der Waals surface area contributed by atoms with Gasteiger partial charge in [-0.1, -0.05) is 54.6 Å². The van der Waals surface area contributed by atoms with Crippen LogP contribution in [0.25, 0.3) is 11.1 Å². The van der Waals surface area contributed by atoms with Crippen molar-refractivity contribution < 1.29 is 9.53 Å². The molecule has 2 aromatic rings. The molecule has 2 aromatic carbocycles. The number of Topliss-reactive ketones (excluding diaryl/α,β-unsaturated/α-hetero) is 1. The first-order chi connectivity index (χ1) is 9.34. The van der Waals surface area contributed by atoms with Crippen molar-refractivity contribution in [3.63, 3.8) is 0 Å². The molecule has 0 aliphatic carbocycles. The van der Waals surface area contributed by atoms with E-state index in [1.54, 1.807) is 0 Å². The minimum atomic E-state index is 0.0441. The van der Waals surface area contributed by atoms with Crippen molar-refractivity contribution in [2.75, 3.05) is 13.2 Å². The summed E-state index contributed by atoms with van der Waals surface area (Å²) in [6.45, 7) is 1.28. The van der Waals surface area contributed by atoms with E-state index in [2.05, 4.69) is 12.1 Å². The van der Waals surface area contributed by atoms with Crippen LogP contribution in [0.1, 0.15) is 16.8 Å². The van der Waals surface area contributed by atoms with Crippen LogP contribution in [0.2, 0.25) is 0 Å². The maximum Gasteiger partial charge on any atom is 0.168 e. The molecule has 1 heterocycles. The lowest BCUT2D eigenvalue weighted by Crippen LogP contribution is -2.14. The van der Waals surface area contributed by atoms with Crippen molar-refractivity contribution in [2.45, 2.75) is 6.42 Å². The molecule has 0 saturated carbocycles. The Hall–Kier alpha value is -1.93. The van der Waals surface area contributed by atoms with Crippen molar-refractivity contribution in [3.05, 3.63) is 60.2 Å². The van der Waals surface area contributed by atoms with Gasteiger partial charge in [-0.05, 0) is 17.5 Å². The van der Waals surface area contributed by atoms with Gasteiger partial charge in [-0.3, -0.25) is 4.79 Å². The Balaban J connectivity index is 1.81. The quantitative estimate of drug-likeness (QED) is 0.780. The van der Waals surface area contributed by atoms with Crippen LogP contribution in [0.15, 0.2) is 54.6 Å². The van der Waals surface area contributed by atoms with Crippen molar-refractivity contribution in [3.8, 4) is 11.1 Å². The Labute approximate surface area is 113 Å². The van der Waals surface area contributed by atoms with Gasteiger partial charge in [0.15, 0.2) is 5.78 Å². The average Bonchev–Trinajstić information content (AvgIpc) is 3.02. The normalized spacial score (nSPS) is 18.4. The Bertz CT molecular complexity index is 552. The molecule has 0 radical (unpaired) electrons. The lowest BCUT2D eigenvalue weighted by atomic mass is 9.95. The number of rotatable bonds is 3. The van der Waals surface area contributed by atoms with Gasteiger partial charge in [0.2, 0.25) is 0 Å². The molecule has 0 aromatic heterocycles. The summed E-state index contributed by atoms with van der Waals surface area (Å²) < 4.78 is 5.27. The number of benzene rings is 2. The SMILES string of the molecule is O=C(c1ccc(-c2ccccc2)cc1)C1CCOC1. The van der Waals surface area contributed by atoms with E-state index in [0.717, 1.165) is 17.5 Å². The number of hydrogen-bond acceptors (Lipinski definition) is 2. The van der Waals surface area contributed by atoms with Gasteiger partial charge in [-0.15, -0.1) is 0 Å². The molecule has 2 heteroatoms. The zero-order valence-corrected chi connectivity index (χ0v) is 10.7. The Morgan fingerprint density at radius 3 is 2.26 bits per heavy atom. The summed E-state index contributed by atoms with van der Waals surface area (Å²) in [5.41, 5.74) is 3.10. The fraction of sp³-hybridized carbons (Fsp3) is 0.235. The number of ketones is 1. The van der Waals surface area contributed by atoms with E-state index in [9.17, 15) is 4.79 Å². The topological polar surface area (TPSA) is 26.3 Å². The molecule has 0 spiro atoms. The highest BCUT2D eigenvalue weighted by Gasteiger charge is 2.24. The minimum Gasteiger partial charge on any atom is -0.381 e. The monoisotopic (exact) mass is 252 g/mol. The Morgan fingerprint density at radius 2 is 1.63 bits per heavy atom. The van der Waals surface area contributed by atoms with Crippen molar-refractivity contribution in [1.82, 2.24) is 0 Å². The van der Waals surface area contributed by atoms with Crippen LogP contribution in [-0.4, -0.2) is 19.0 Å². The fourth-order valence-corrected chi connectivity index (χ4v) is 2.43. The van der Waals surface area contributed by atoms with Crippen molar-refractivity contribution in [2.24, 2.45) is 5.92 Å². The number of carbonyl (C=O) groups is 1. The molecule has 1 atom stereocenters. The summed E-state index contributed by atoms with van der Waals surface area (Å²) in [6.07, 6.45) is 0.846. The molecule has 1 fully saturated rings. The van der Waals surface area contributed by atoms with Gasteiger partial charge < -0.3 is 4.74 Å². The third-order valence-electron chi connectivity index (χ3n) is 3.58. The van der Waals surface area contributed by atoms with Gasteiger partial charge in [0.1, 0.15) is 0 Å². The second-order valence-corrected chi connectivity index (χ2v) is 4.87. The standard InChI is InChI=1S/C17H16O2/c18-17(16-10-11-19-12-16)15-8-6-14(7-9-15)13-4-2-1-3-5-13/h1-9,16H,10-12H2. The highest BCUT2D eigenvalue weighted by Crippen LogP contribution is 2.22. The van der Waals surface area contributed by atoms with Gasteiger partial charge in [0.25, 0.3) is 0 Å². The second kappa shape index (κ2) is 5.37. The lowest BCUT2D eigenvalue weighted by Gasteiger charge is -2.07. The smallest absolute Gasteiger partial charge is 0.168 e. The van der Waals surface area contributed by atoms with Crippen LogP contribution >= 0.6 is 0 Å². The van der Waals surface area contributed by atoms with Crippen LogP contribution in [-0.2, 0) is 4.74 Å². The summed E-state index contributed by atoms with van der Waals surface area (Å²) in [4.78, 5) is 12.2. The molecule has 1 aliphatic heterocycles. The van der Waals surface area contributed by atoms with E-state index < -0.39 is 0 Å². The fourth-order valence-electron chi connectivity index (χ4n) is 2.43. The van der Waals surface area contributed by atoms with Crippen LogP contribution in [0.3, 0.4) is 0 Å². The first kappa shape index (κ1) is 12.1. The summed E-state index contributed by atoms with van der Waals surface area (Å²) in [7, 11) is 0. The molecule has 0 bridgehead atoms. The number of ether oxygens (including phenoxy) is 1. The van der Waals surface area contributed by atoms with Gasteiger partial charge in [-0.2, -0.15) is 0 Å². The highest BCUT2D eigenvalue weighted by atomic mass is 16.5. The molecule has 3 rings (SSSR count). The maximum atomic E-state index is 12.2. The second-order valence-electron chi connectivity index (χ2n) is 4.87. The van der Waals surface area contributed by atoms with Crippen molar-refractivity contribution in [1.29, 1.82) is 0 Å². The highest BCUT2D eigenvalue weighted by molar-refractivity contribution is 5.98. The average molecular weight is 252 g/mol. The van der Waals surface area contributed by atoms with Gasteiger partial charge in [-0.25, -0.2) is 0 Å². The molecular formula is C17H16O2. The summed E-state index contributed by atoms with van der Waals surface area (Å²) in [5, 5.41) is 0. The van der Waals surface area contributed by atoms with E-state index >= 15 is 0 Å². The lowest BCUT2D eigenvalue weighted by molar-refractivity contribution is 0.0900. The maximum absolute atomic E-state index is 12.2. The zero-order valence-electron chi connectivity index (χ0n) is 10.7. The van der Waals surface area contributed by atoms with E-state index in [1.807, 2.05) is 42.5 Å². The van der Waals surface area contributed by atoms with E-state index in [-0.39, 0.29) is 11.7 Å². The summed E-state index contributed by atoms with van der Waals surface area (Å²) in [6, 6.07) is 18.0. The van der Waals surface area contributed by atoms with E-state index in [0.29, 0.717) is 13.2 Å². The predicted molar refractivity (Wildman–Crippen MR) is 75.1 cm³/mol. The van der Waals surface area contributed by atoms with Crippen LogP contribution in [0, 0.1) is 5.92 Å². The summed E-state index contributed by atoms with van der Waals surface area (Å²) >= 11 is 0. The Kier molecular flexibility index (Phi) is 3.43. The van der Waals surface area contributed by atoms with Crippen LogP contribution < -0.4 is 0 Å². The molecule has 0 amide bonds. The number of carbonyl (C=O) groups excluding carboxylic acids is 1. The van der Waals surface area contributed by atoms with Crippen LogP contribution in [0.5, 0.6) is 0 Å². The number of hydrogen-bond donors (Lipinski definition) is 0. The molecular weight excluding hydrogens is 236 g/mol.